The number of hydrogen-bond acceptors (Lipinski definition) is 2. The van der Waals surface area contributed by atoms with Crippen molar-refractivity contribution in [1.29, 1.82) is 0 Å². The summed E-state index contributed by atoms with van der Waals surface area (Å²) in [6.45, 7) is 7.53. The van der Waals surface area contributed by atoms with E-state index in [2.05, 4.69) is 11.9 Å². The predicted molar refractivity (Wildman–Crippen MR) is 64.7 cm³/mol. The lowest BCUT2D eigenvalue weighted by atomic mass is 9.96. The Labute approximate surface area is 101 Å². The van der Waals surface area contributed by atoms with Gasteiger partial charge < -0.3 is 15.3 Å². The number of amides is 2. The molecular weight excluding hydrogens is 220 g/mol. The summed E-state index contributed by atoms with van der Waals surface area (Å²) < 4.78 is 0. The monoisotopic (exact) mass is 240 g/mol. The van der Waals surface area contributed by atoms with E-state index in [1.807, 2.05) is 6.92 Å². The summed E-state index contributed by atoms with van der Waals surface area (Å²) in [6.07, 6.45) is 1.71. The maximum absolute atomic E-state index is 11.8. The molecule has 0 saturated heterocycles. The molecule has 96 valence electrons. The number of aliphatic carboxylic acids is 1. The second-order valence-corrected chi connectivity index (χ2v) is 5.03. The minimum absolute atomic E-state index is 0.0437. The molecule has 1 atom stereocenters. The number of hydrogen-bond donors (Lipinski definition) is 2. The summed E-state index contributed by atoms with van der Waals surface area (Å²) in [5.74, 6) is -0.931. The van der Waals surface area contributed by atoms with Crippen molar-refractivity contribution in [2.24, 2.45) is 5.92 Å². The molecule has 1 aliphatic carbocycles. The van der Waals surface area contributed by atoms with E-state index in [-0.39, 0.29) is 11.9 Å². The molecule has 2 amide bonds. The summed E-state index contributed by atoms with van der Waals surface area (Å²) in [5, 5.41) is 11.8. The van der Waals surface area contributed by atoms with Crippen LogP contribution in [-0.2, 0) is 4.79 Å². The standard InChI is InChI=1S/C12H20N2O3/c1-8(2)7-14(4)11(17)13-12(3,10(15)16)9-5-6-9/h9H,1,5-7H2,2-4H3,(H,13,17)(H,15,16). The topological polar surface area (TPSA) is 69.6 Å². The van der Waals surface area contributed by atoms with Gasteiger partial charge in [-0.3, -0.25) is 0 Å². The highest BCUT2D eigenvalue weighted by molar-refractivity contribution is 5.86. The molecule has 0 aromatic rings. The largest absolute Gasteiger partial charge is 0.480 e. The van der Waals surface area contributed by atoms with Gasteiger partial charge in [-0.2, -0.15) is 0 Å². The molecule has 2 N–H and O–H groups in total. The molecule has 0 aromatic heterocycles. The minimum atomic E-state index is -1.15. The van der Waals surface area contributed by atoms with Crippen molar-refractivity contribution in [2.45, 2.75) is 32.2 Å². The van der Waals surface area contributed by atoms with Gasteiger partial charge in [-0.1, -0.05) is 12.2 Å². The summed E-state index contributed by atoms with van der Waals surface area (Å²) >= 11 is 0. The predicted octanol–water partition coefficient (Wildman–Crippen LogP) is 1.46. The number of carbonyl (C=O) groups excluding carboxylic acids is 1. The lowest BCUT2D eigenvalue weighted by molar-refractivity contribution is -0.144. The maximum atomic E-state index is 11.8. The summed E-state index contributed by atoms with van der Waals surface area (Å²) in [7, 11) is 1.62. The molecule has 0 radical (unpaired) electrons. The Bertz CT molecular complexity index is 350. The molecule has 17 heavy (non-hydrogen) atoms. The molecule has 1 saturated carbocycles. The molecule has 0 aliphatic heterocycles. The van der Waals surface area contributed by atoms with E-state index < -0.39 is 11.5 Å². The van der Waals surface area contributed by atoms with Crippen LogP contribution in [0.15, 0.2) is 12.2 Å². The Morgan fingerprint density at radius 1 is 1.53 bits per heavy atom. The highest BCUT2D eigenvalue weighted by Crippen LogP contribution is 2.39. The van der Waals surface area contributed by atoms with Crippen LogP contribution in [0, 0.1) is 5.92 Å². The molecule has 5 nitrogen and oxygen atoms in total. The van der Waals surface area contributed by atoms with Crippen molar-refractivity contribution in [2.75, 3.05) is 13.6 Å². The van der Waals surface area contributed by atoms with Gasteiger partial charge in [0.05, 0.1) is 0 Å². The minimum Gasteiger partial charge on any atom is -0.480 e. The average Bonchev–Trinajstić information content (AvgIpc) is 2.98. The molecular formula is C12H20N2O3. The van der Waals surface area contributed by atoms with E-state index in [0.717, 1.165) is 18.4 Å². The molecule has 1 fully saturated rings. The zero-order chi connectivity index (χ0) is 13.2. The van der Waals surface area contributed by atoms with Crippen molar-refractivity contribution < 1.29 is 14.7 Å². The van der Waals surface area contributed by atoms with Crippen LogP contribution in [0.1, 0.15) is 26.7 Å². The second kappa shape index (κ2) is 4.77. The first-order valence-corrected chi connectivity index (χ1v) is 5.68. The van der Waals surface area contributed by atoms with Crippen molar-refractivity contribution in [3.63, 3.8) is 0 Å². The van der Waals surface area contributed by atoms with Gasteiger partial charge in [-0.25, -0.2) is 9.59 Å². The van der Waals surface area contributed by atoms with Crippen molar-refractivity contribution in [3.05, 3.63) is 12.2 Å². The molecule has 5 heteroatoms. The van der Waals surface area contributed by atoms with E-state index >= 15 is 0 Å². The highest BCUT2D eigenvalue weighted by Gasteiger charge is 2.48. The molecule has 1 aliphatic rings. The first-order valence-electron chi connectivity index (χ1n) is 5.68. The average molecular weight is 240 g/mol. The van der Waals surface area contributed by atoms with Gasteiger partial charge in [0, 0.05) is 13.6 Å². The number of rotatable bonds is 5. The maximum Gasteiger partial charge on any atom is 0.329 e. The number of nitrogens with zero attached hydrogens (tertiary/aromatic N) is 1. The van der Waals surface area contributed by atoms with E-state index in [1.165, 1.54) is 4.90 Å². The Kier molecular flexibility index (Phi) is 3.80. The molecule has 0 spiro atoms. The van der Waals surface area contributed by atoms with Crippen LogP contribution in [0.3, 0.4) is 0 Å². The number of carbonyl (C=O) groups is 2. The number of nitrogens with one attached hydrogen (secondary N) is 1. The first-order chi connectivity index (χ1) is 7.77. The molecule has 0 aromatic carbocycles. The van der Waals surface area contributed by atoms with Gasteiger partial charge in [-0.05, 0) is 32.6 Å². The van der Waals surface area contributed by atoms with Crippen LogP contribution < -0.4 is 5.32 Å². The molecule has 0 heterocycles. The van der Waals surface area contributed by atoms with Gasteiger partial charge in [-0.15, -0.1) is 0 Å². The van der Waals surface area contributed by atoms with Gasteiger partial charge >= 0.3 is 12.0 Å². The van der Waals surface area contributed by atoms with Crippen LogP contribution in [0.4, 0.5) is 4.79 Å². The Morgan fingerprint density at radius 3 is 2.41 bits per heavy atom. The fourth-order valence-corrected chi connectivity index (χ4v) is 1.79. The number of urea groups is 1. The lowest BCUT2D eigenvalue weighted by Crippen LogP contribution is -2.57. The normalized spacial score (nSPS) is 18.1. The van der Waals surface area contributed by atoms with Crippen molar-refractivity contribution in [3.8, 4) is 0 Å². The van der Waals surface area contributed by atoms with E-state index in [4.69, 9.17) is 0 Å². The fraction of sp³-hybridized carbons (Fsp3) is 0.667. The molecule has 1 rings (SSSR count). The third-order valence-corrected chi connectivity index (χ3v) is 3.06. The Morgan fingerprint density at radius 2 is 2.06 bits per heavy atom. The fourth-order valence-electron chi connectivity index (χ4n) is 1.79. The Hall–Kier alpha value is -1.52. The first kappa shape index (κ1) is 13.5. The van der Waals surface area contributed by atoms with Crippen LogP contribution >= 0.6 is 0 Å². The van der Waals surface area contributed by atoms with E-state index in [1.54, 1.807) is 14.0 Å². The van der Waals surface area contributed by atoms with Crippen LogP contribution in [-0.4, -0.2) is 41.1 Å². The van der Waals surface area contributed by atoms with Crippen molar-refractivity contribution >= 4 is 12.0 Å². The smallest absolute Gasteiger partial charge is 0.329 e. The number of carboxylic acid groups (broad SMARTS) is 1. The van der Waals surface area contributed by atoms with Crippen LogP contribution in [0.5, 0.6) is 0 Å². The third-order valence-electron chi connectivity index (χ3n) is 3.06. The zero-order valence-electron chi connectivity index (χ0n) is 10.6. The summed E-state index contributed by atoms with van der Waals surface area (Å²) in [6, 6.07) is -0.371. The van der Waals surface area contributed by atoms with Crippen LogP contribution in [0.2, 0.25) is 0 Å². The summed E-state index contributed by atoms with van der Waals surface area (Å²) in [4.78, 5) is 24.5. The van der Waals surface area contributed by atoms with Gasteiger partial charge in [0.1, 0.15) is 5.54 Å². The van der Waals surface area contributed by atoms with Gasteiger partial charge in [0.25, 0.3) is 0 Å². The van der Waals surface area contributed by atoms with E-state index in [9.17, 15) is 14.7 Å². The highest BCUT2D eigenvalue weighted by atomic mass is 16.4. The molecule has 1 unspecified atom stereocenters. The third kappa shape index (κ3) is 3.22. The van der Waals surface area contributed by atoms with Crippen LogP contribution in [0.25, 0.3) is 0 Å². The Balaban J connectivity index is 2.64. The quantitative estimate of drug-likeness (QED) is 0.715. The van der Waals surface area contributed by atoms with Gasteiger partial charge in [0.2, 0.25) is 0 Å². The second-order valence-electron chi connectivity index (χ2n) is 5.03. The molecule has 0 bridgehead atoms. The number of carboxylic acids is 1. The van der Waals surface area contributed by atoms with E-state index in [0.29, 0.717) is 6.54 Å². The van der Waals surface area contributed by atoms with Crippen molar-refractivity contribution in [1.82, 2.24) is 10.2 Å². The zero-order valence-corrected chi connectivity index (χ0v) is 10.6. The lowest BCUT2D eigenvalue weighted by Gasteiger charge is -2.29. The SMILES string of the molecule is C=C(C)CN(C)C(=O)NC(C)(C(=O)O)C1CC1. The number of likely N-dealkylation sites (N-methyl/N-ethyl adjacent to an activating group) is 1. The summed E-state index contributed by atoms with van der Waals surface area (Å²) in [5.41, 5.74) is -0.299. The van der Waals surface area contributed by atoms with Gasteiger partial charge in [0.15, 0.2) is 0 Å².